The van der Waals surface area contributed by atoms with E-state index >= 15 is 0 Å². The van der Waals surface area contributed by atoms with E-state index in [-0.39, 0.29) is 23.1 Å². The highest BCUT2D eigenvalue weighted by atomic mass is 32.2. The molecular weight excluding hydrogens is 410 g/mol. The summed E-state index contributed by atoms with van der Waals surface area (Å²) in [6, 6.07) is 17.8. The molecule has 0 bridgehead atoms. The van der Waals surface area contributed by atoms with Crippen LogP contribution in [0.15, 0.2) is 70.7 Å². The molecule has 0 N–H and O–H groups in total. The van der Waals surface area contributed by atoms with Gasteiger partial charge in [-0.2, -0.15) is 0 Å². The average molecular weight is 428 g/mol. The van der Waals surface area contributed by atoms with Crippen LogP contribution in [0, 0.1) is 0 Å². The van der Waals surface area contributed by atoms with E-state index in [9.17, 15) is 16.8 Å². The van der Waals surface area contributed by atoms with Crippen LogP contribution in [0.4, 0.5) is 5.69 Å². The second kappa shape index (κ2) is 6.04. The zero-order valence-corrected chi connectivity index (χ0v) is 17.1. The summed E-state index contributed by atoms with van der Waals surface area (Å²) in [7, 11) is -7.28. The van der Waals surface area contributed by atoms with Crippen molar-refractivity contribution in [3.63, 3.8) is 0 Å². The van der Waals surface area contributed by atoms with Crippen LogP contribution in [-0.2, 0) is 26.4 Å². The van der Waals surface area contributed by atoms with E-state index in [0.717, 1.165) is 11.6 Å². The largest absolute Gasteiger partial charge is 0.313 e. The van der Waals surface area contributed by atoms with Gasteiger partial charge >= 0.3 is 0 Å². The Labute approximate surface area is 168 Å². The Balaban J connectivity index is 1.61. The maximum atomic E-state index is 13.2. The number of sulfonamides is 1. The monoisotopic (exact) mass is 427 g/mol. The molecule has 0 atom stereocenters. The number of hydrogen-bond donors (Lipinski definition) is 0. The molecule has 1 aliphatic heterocycles. The molecule has 0 aliphatic carbocycles. The van der Waals surface area contributed by atoms with Crippen molar-refractivity contribution in [3.8, 4) is 0 Å². The number of fused-ring (bicyclic) bond motifs is 1. The van der Waals surface area contributed by atoms with E-state index in [1.807, 2.05) is 18.2 Å². The van der Waals surface area contributed by atoms with Gasteiger partial charge in [0.1, 0.15) is 0 Å². The number of rotatable bonds is 4. The highest BCUT2D eigenvalue weighted by Gasteiger charge is 2.35. The standard InChI is InChI=1S/C20H17N3O4S2/c1-28(24,25)20-21-15-8-2-3-9-16(15)22(20)12-13-23-17-10-4-6-14-7-5-11-18(19(14)17)29(23,26)27/h2-11H,12-13H2,1H3. The smallest absolute Gasteiger partial charge is 0.265 e. The van der Waals surface area contributed by atoms with E-state index in [1.165, 1.54) is 4.31 Å². The minimum Gasteiger partial charge on any atom is -0.313 e. The van der Waals surface area contributed by atoms with Crippen molar-refractivity contribution in [1.82, 2.24) is 9.55 Å². The van der Waals surface area contributed by atoms with Gasteiger partial charge in [0.2, 0.25) is 15.0 Å². The second-order valence-corrected chi connectivity index (χ2v) is 10.8. The summed E-state index contributed by atoms with van der Waals surface area (Å²) in [5.41, 5.74) is 1.83. The molecule has 4 aromatic rings. The van der Waals surface area contributed by atoms with Gasteiger partial charge in [-0.05, 0) is 29.7 Å². The Morgan fingerprint density at radius 1 is 0.931 bits per heavy atom. The van der Waals surface area contributed by atoms with Gasteiger partial charge in [0.05, 0.1) is 28.2 Å². The molecule has 29 heavy (non-hydrogen) atoms. The van der Waals surface area contributed by atoms with Crippen LogP contribution in [0.5, 0.6) is 0 Å². The van der Waals surface area contributed by atoms with Crippen LogP contribution in [0.25, 0.3) is 21.8 Å². The molecule has 3 aromatic carbocycles. The third-order valence-corrected chi connectivity index (χ3v) is 7.99. The number of nitrogens with zero attached hydrogens (tertiary/aromatic N) is 3. The number of anilines is 1. The van der Waals surface area contributed by atoms with Crippen LogP contribution in [0.1, 0.15) is 0 Å². The molecule has 0 unspecified atom stereocenters. The summed E-state index contributed by atoms with van der Waals surface area (Å²) < 4.78 is 53.8. The maximum absolute atomic E-state index is 13.2. The molecule has 0 amide bonds. The Bertz CT molecular complexity index is 1500. The SMILES string of the molecule is CS(=O)(=O)c1nc2ccccc2n1CCN1c2cccc3cccc(c23)S1(=O)=O. The number of imidazole rings is 1. The molecule has 0 radical (unpaired) electrons. The molecule has 0 spiro atoms. The number of hydrogen-bond acceptors (Lipinski definition) is 5. The lowest BCUT2D eigenvalue weighted by molar-refractivity contribution is 0.568. The van der Waals surface area contributed by atoms with Crippen molar-refractivity contribution in [2.24, 2.45) is 0 Å². The third kappa shape index (κ3) is 2.65. The van der Waals surface area contributed by atoms with E-state index in [1.54, 1.807) is 47.0 Å². The maximum Gasteiger partial charge on any atom is 0.265 e. The topological polar surface area (TPSA) is 89.3 Å². The first-order valence-electron chi connectivity index (χ1n) is 8.98. The van der Waals surface area contributed by atoms with Crippen molar-refractivity contribution in [2.75, 3.05) is 17.1 Å². The van der Waals surface area contributed by atoms with Crippen LogP contribution in [0.2, 0.25) is 0 Å². The Morgan fingerprint density at radius 3 is 2.41 bits per heavy atom. The molecule has 2 heterocycles. The molecule has 0 fully saturated rings. The van der Waals surface area contributed by atoms with Gasteiger partial charge < -0.3 is 4.57 Å². The predicted molar refractivity (Wildman–Crippen MR) is 111 cm³/mol. The second-order valence-electron chi connectivity index (χ2n) is 7.02. The molecule has 148 valence electrons. The van der Waals surface area contributed by atoms with Gasteiger partial charge in [-0.25, -0.2) is 21.8 Å². The van der Waals surface area contributed by atoms with Gasteiger partial charge in [0.25, 0.3) is 10.0 Å². The summed E-state index contributed by atoms with van der Waals surface area (Å²) in [5, 5.41) is 1.50. The first kappa shape index (κ1) is 18.1. The minimum atomic E-state index is -3.70. The van der Waals surface area contributed by atoms with E-state index in [2.05, 4.69) is 4.98 Å². The van der Waals surface area contributed by atoms with Gasteiger partial charge in [0, 0.05) is 18.2 Å². The summed E-state index contributed by atoms with van der Waals surface area (Å²) in [5.74, 6) is 0. The van der Waals surface area contributed by atoms with Crippen molar-refractivity contribution in [2.45, 2.75) is 16.6 Å². The summed E-state index contributed by atoms with van der Waals surface area (Å²) >= 11 is 0. The van der Waals surface area contributed by atoms with Gasteiger partial charge in [-0.15, -0.1) is 0 Å². The minimum absolute atomic E-state index is 0.0639. The predicted octanol–water partition coefficient (Wildman–Crippen LogP) is 2.80. The van der Waals surface area contributed by atoms with Crippen molar-refractivity contribution in [3.05, 3.63) is 60.7 Å². The number of sulfone groups is 1. The molecule has 7 nitrogen and oxygen atoms in total. The third-order valence-electron chi connectivity index (χ3n) is 5.16. The molecule has 1 aromatic heterocycles. The van der Waals surface area contributed by atoms with Crippen LogP contribution < -0.4 is 4.31 Å². The molecule has 1 aliphatic rings. The lowest BCUT2D eigenvalue weighted by Gasteiger charge is -2.20. The van der Waals surface area contributed by atoms with Crippen molar-refractivity contribution >= 4 is 47.4 Å². The summed E-state index contributed by atoms with van der Waals surface area (Å²) in [6.07, 6.45) is 1.11. The van der Waals surface area contributed by atoms with Crippen molar-refractivity contribution < 1.29 is 16.8 Å². The summed E-state index contributed by atoms with van der Waals surface area (Å²) in [6.45, 7) is 0.255. The molecular formula is C20H17N3O4S2. The molecule has 0 saturated carbocycles. The highest BCUT2D eigenvalue weighted by Crippen LogP contribution is 2.41. The Hall–Kier alpha value is -2.91. The zero-order chi connectivity index (χ0) is 20.4. The van der Waals surface area contributed by atoms with E-state index < -0.39 is 19.9 Å². The molecule has 9 heteroatoms. The van der Waals surface area contributed by atoms with Crippen molar-refractivity contribution in [1.29, 1.82) is 0 Å². The number of benzene rings is 3. The fraction of sp³-hybridized carbons (Fsp3) is 0.150. The number of aromatic nitrogens is 2. The molecule has 0 saturated heterocycles. The zero-order valence-electron chi connectivity index (χ0n) is 15.5. The average Bonchev–Trinajstić information content (AvgIpc) is 3.16. The molecule has 5 rings (SSSR count). The lowest BCUT2D eigenvalue weighted by Crippen LogP contribution is -2.31. The van der Waals surface area contributed by atoms with Crippen LogP contribution in [-0.4, -0.2) is 39.2 Å². The first-order chi connectivity index (χ1) is 13.8. The van der Waals surface area contributed by atoms with Crippen LogP contribution >= 0.6 is 0 Å². The van der Waals surface area contributed by atoms with E-state index in [0.29, 0.717) is 22.1 Å². The summed E-state index contributed by atoms with van der Waals surface area (Å²) in [4.78, 5) is 4.53. The van der Waals surface area contributed by atoms with E-state index in [4.69, 9.17) is 0 Å². The first-order valence-corrected chi connectivity index (χ1v) is 12.3. The van der Waals surface area contributed by atoms with Gasteiger partial charge in [-0.1, -0.05) is 36.4 Å². The highest BCUT2D eigenvalue weighted by molar-refractivity contribution is 7.93. The quantitative estimate of drug-likeness (QED) is 0.500. The lowest BCUT2D eigenvalue weighted by atomic mass is 10.1. The van der Waals surface area contributed by atoms with Gasteiger partial charge in [-0.3, -0.25) is 4.31 Å². The Morgan fingerprint density at radius 2 is 1.66 bits per heavy atom. The normalized spacial score (nSPS) is 15.4. The fourth-order valence-corrected chi connectivity index (χ4v) is 6.50. The van der Waals surface area contributed by atoms with Crippen LogP contribution in [0.3, 0.4) is 0 Å². The number of para-hydroxylation sites is 2. The van der Waals surface area contributed by atoms with Gasteiger partial charge in [0.15, 0.2) is 0 Å². The fourth-order valence-electron chi connectivity index (χ4n) is 3.94. The Kier molecular flexibility index (Phi) is 3.78.